The number of aliphatic hydroxyl groups is 3. The van der Waals surface area contributed by atoms with Crippen LogP contribution in [-0.4, -0.2) is 50.6 Å². The summed E-state index contributed by atoms with van der Waals surface area (Å²) in [6, 6.07) is 6.26. The Morgan fingerprint density at radius 3 is 2.62 bits per heavy atom. The van der Waals surface area contributed by atoms with E-state index in [2.05, 4.69) is 10.3 Å². The zero-order chi connectivity index (χ0) is 15.5. The molecule has 0 bridgehead atoms. The van der Waals surface area contributed by atoms with Gasteiger partial charge in [0.1, 0.15) is 11.3 Å². The summed E-state index contributed by atoms with van der Waals surface area (Å²) >= 11 is 0. The molecule has 8 nitrogen and oxygen atoms in total. The Morgan fingerprint density at radius 2 is 2.00 bits per heavy atom. The van der Waals surface area contributed by atoms with Crippen molar-refractivity contribution < 1.29 is 20.2 Å². The highest BCUT2D eigenvalue weighted by molar-refractivity contribution is 5.94. The highest BCUT2D eigenvalue weighted by Gasteiger charge is 2.27. The fourth-order valence-corrected chi connectivity index (χ4v) is 1.90. The maximum atomic E-state index is 11.3. The summed E-state index contributed by atoms with van der Waals surface area (Å²) in [5.41, 5.74) is -1.26. The maximum absolute atomic E-state index is 11.3. The van der Waals surface area contributed by atoms with Gasteiger partial charge in [0.2, 0.25) is 0 Å². The van der Waals surface area contributed by atoms with Crippen LogP contribution in [0.3, 0.4) is 0 Å². The number of aliphatic hydroxyl groups excluding tert-OH is 2. The third kappa shape index (κ3) is 3.07. The van der Waals surface area contributed by atoms with Crippen molar-refractivity contribution in [1.82, 2.24) is 4.98 Å². The van der Waals surface area contributed by atoms with Gasteiger partial charge in [0, 0.05) is 12.7 Å². The van der Waals surface area contributed by atoms with E-state index in [4.69, 9.17) is 10.2 Å². The van der Waals surface area contributed by atoms with Crippen LogP contribution in [0.1, 0.15) is 0 Å². The second-order valence-electron chi connectivity index (χ2n) is 4.68. The van der Waals surface area contributed by atoms with Crippen LogP contribution in [0.5, 0.6) is 0 Å². The SMILES string of the molecule is O=[N+]([O-])c1c(NCC(O)(CO)CO)ccc2ncccc12. The van der Waals surface area contributed by atoms with Crippen LogP contribution in [-0.2, 0) is 0 Å². The largest absolute Gasteiger partial charge is 0.393 e. The molecule has 0 saturated carbocycles. The Kier molecular flexibility index (Phi) is 4.32. The zero-order valence-electron chi connectivity index (χ0n) is 11.1. The van der Waals surface area contributed by atoms with E-state index in [-0.39, 0.29) is 17.9 Å². The lowest BCUT2D eigenvalue weighted by molar-refractivity contribution is -0.382. The van der Waals surface area contributed by atoms with E-state index in [1.165, 1.54) is 12.3 Å². The van der Waals surface area contributed by atoms with Crippen molar-refractivity contribution in [3.8, 4) is 0 Å². The normalized spacial score (nSPS) is 11.6. The molecular weight excluding hydrogens is 278 g/mol. The van der Waals surface area contributed by atoms with Gasteiger partial charge < -0.3 is 20.6 Å². The molecule has 4 N–H and O–H groups in total. The molecule has 0 atom stereocenters. The summed E-state index contributed by atoms with van der Waals surface area (Å²) in [6.45, 7) is -1.56. The summed E-state index contributed by atoms with van der Waals surface area (Å²) < 4.78 is 0. The van der Waals surface area contributed by atoms with E-state index >= 15 is 0 Å². The van der Waals surface area contributed by atoms with E-state index in [0.29, 0.717) is 10.9 Å². The zero-order valence-corrected chi connectivity index (χ0v) is 11.1. The van der Waals surface area contributed by atoms with Crippen LogP contribution < -0.4 is 5.32 Å². The number of nitrogens with zero attached hydrogens (tertiary/aromatic N) is 2. The molecule has 0 aliphatic rings. The van der Waals surface area contributed by atoms with Crippen molar-refractivity contribution in [2.45, 2.75) is 5.60 Å². The quantitative estimate of drug-likeness (QED) is 0.444. The lowest BCUT2D eigenvalue weighted by Crippen LogP contribution is -2.44. The minimum Gasteiger partial charge on any atom is -0.393 e. The van der Waals surface area contributed by atoms with Crippen LogP contribution >= 0.6 is 0 Å². The Bertz CT molecular complexity index is 657. The first-order valence-corrected chi connectivity index (χ1v) is 6.21. The second kappa shape index (κ2) is 6.00. The molecule has 1 aromatic heterocycles. The fraction of sp³-hybridized carbons (Fsp3) is 0.308. The van der Waals surface area contributed by atoms with Gasteiger partial charge in [-0.15, -0.1) is 0 Å². The molecule has 0 spiro atoms. The molecule has 1 aromatic carbocycles. The summed E-state index contributed by atoms with van der Waals surface area (Å²) in [5, 5.41) is 42.2. The number of aromatic nitrogens is 1. The van der Waals surface area contributed by atoms with E-state index < -0.39 is 23.7 Å². The molecule has 0 radical (unpaired) electrons. The number of benzene rings is 1. The van der Waals surface area contributed by atoms with Crippen LogP contribution in [0.25, 0.3) is 10.9 Å². The summed E-state index contributed by atoms with van der Waals surface area (Å²) in [7, 11) is 0. The number of pyridine rings is 1. The molecule has 0 saturated heterocycles. The number of nitrogens with one attached hydrogen (secondary N) is 1. The summed E-state index contributed by atoms with van der Waals surface area (Å²) in [4.78, 5) is 14.8. The smallest absolute Gasteiger partial charge is 0.301 e. The van der Waals surface area contributed by atoms with Crippen molar-refractivity contribution in [2.75, 3.05) is 25.1 Å². The molecule has 0 amide bonds. The minimum atomic E-state index is -1.75. The third-order valence-electron chi connectivity index (χ3n) is 3.14. The van der Waals surface area contributed by atoms with Gasteiger partial charge >= 0.3 is 5.69 Å². The molecule has 2 rings (SSSR count). The minimum absolute atomic E-state index is 0.168. The van der Waals surface area contributed by atoms with Crippen LogP contribution in [0.2, 0.25) is 0 Å². The Balaban J connectivity index is 2.40. The molecule has 21 heavy (non-hydrogen) atoms. The molecule has 112 valence electrons. The lowest BCUT2D eigenvalue weighted by Gasteiger charge is -2.24. The molecule has 2 aromatic rings. The van der Waals surface area contributed by atoms with E-state index in [0.717, 1.165) is 0 Å². The Labute approximate surface area is 119 Å². The van der Waals surface area contributed by atoms with Crippen LogP contribution in [0.15, 0.2) is 30.5 Å². The van der Waals surface area contributed by atoms with Crippen molar-refractivity contribution in [3.63, 3.8) is 0 Å². The van der Waals surface area contributed by atoms with Gasteiger partial charge in [-0.25, -0.2) is 0 Å². The third-order valence-corrected chi connectivity index (χ3v) is 3.14. The molecule has 1 heterocycles. The second-order valence-corrected chi connectivity index (χ2v) is 4.68. The van der Waals surface area contributed by atoms with Crippen molar-refractivity contribution in [3.05, 3.63) is 40.6 Å². The van der Waals surface area contributed by atoms with E-state index in [9.17, 15) is 15.2 Å². The molecule has 0 unspecified atom stereocenters. The van der Waals surface area contributed by atoms with Gasteiger partial charge in [-0.2, -0.15) is 0 Å². The van der Waals surface area contributed by atoms with Gasteiger partial charge in [-0.1, -0.05) is 0 Å². The fourth-order valence-electron chi connectivity index (χ4n) is 1.90. The highest BCUT2D eigenvalue weighted by Crippen LogP contribution is 2.32. The predicted octanol–water partition coefficient (Wildman–Crippen LogP) is 0.271. The van der Waals surface area contributed by atoms with Crippen LogP contribution in [0.4, 0.5) is 11.4 Å². The van der Waals surface area contributed by atoms with Crippen LogP contribution in [0, 0.1) is 10.1 Å². The van der Waals surface area contributed by atoms with Gasteiger partial charge in [-0.05, 0) is 24.3 Å². The molecular formula is C13H15N3O5. The molecule has 0 aliphatic heterocycles. The summed E-state index contributed by atoms with van der Waals surface area (Å²) in [5.74, 6) is 0. The Hall–Kier alpha value is -2.29. The predicted molar refractivity (Wildman–Crippen MR) is 76.0 cm³/mol. The number of rotatable bonds is 6. The number of fused-ring (bicyclic) bond motifs is 1. The average molecular weight is 293 g/mol. The average Bonchev–Trinajstić information content (AvgIpc) is 2.51. The van der Waals surface area contributed by atoms with Crippen molar-refractivity contribution >= 4 is 22.3 Å². The molecule has 0 fully saturated rings. The number of anilines is 1. The number of nitro benzene ring substituents is 1. The first kappa shape index (κ1) is 15.1. The van der Waals surface area contributed by atoms with Gasteiger partial charge in [0.25, 0.3) is 0 Å². The Morgan fingerprint density at radius 1 is 1.29 bits per heavy atom. The maximum Gasteiger partial charge on any atom is 0.301 e. The number of hydrogen-bond donors (Lipinski definition) is 4. The summed E-state index contributed by atoms with van der Waals surface area (Å²) in [6.07, 6.45) is 1.54. The van der Waals surface area contributed by atoms with E-state index in [1.807, 2.05) is 0 Å². The first-order valence-electron chi connectivity index (χ1n) is 6.21. The van der Waals surface area contributed by atoms with Crippen molar-refractivity contribution in [1.29, 1.82) is 0 Å². The monoisotopic (exact) mass is 293 g/mol. The van der Waals surface area contributed by atoms with Gasteiger partial charge in [0.15, 0.2) is 0 Å². The van der Waals surface area contributed by atoms with E-state index in [1.54, 1.807) is 18.2 Å². The first-order chi connectivity index (χ1) is 10.0. The van der Waals surface area contributed by atoms with Crippen molar-refractivity contribution in [2.24, 2.45) is 0 Å². The van der Waals surface area contributed by atoms with Gasteiger partial charge in [0.05, 0.1) is 29.0 Å². The number of hydrogen-bond acceptors (Lipinski definition) is 7. The highest BCUT2D eigenvalue weighted by atomic mass is 16.6. The van der Waals surface area contributed by atoms with Gasteiger partial charge in [-0.3, -0.25) is 15.1 Å². The number of nitro groups is 1. The topological polar surface area (TPSA) is 129 Å². The molecule has 8 heteroatoms. The lowest BCUT2D eigenvalue weighted by atomic mass is 10.1. The standard InChI is InChI=1S/C13H15N3O5/c17-7-13(19,8-18)6-15-11-4-3-10-9(2-1-5-14-10)12(11)16(20)21/h1-5,15,17-19H,6-8H2. The molecule has 0 aliphatic carbocycles.